The molecule has 4 aliphatic rings. The fourth-order valence-corrected chi connectivity index (χ4v) is 7.10. The van der Waals surface area contributed by atoms with Gasteiger partial charge in [-0.3, -0.25) is 19.3 Å². The van der Waals surface area contributed by atoms with Gasteiger partial charge < -0.3 is 25.4 Å². The number of aliphatic hydroxyl groups is 1. The number of hydrogen-bond donors (Lipinski definition) is 3. The second-order valence-electron chi connectivity index (χ2n) is 12.9. The van der Waals surface area contributed by atoms with E-state index in [1.807, 2.05) is 29.2 Å². The standard InChI is InChI=1S/C34H44N4O5/c1-35-31(40)26-11-15-28(16-12-26)43-27-13-9-23(10-14-27)21-37-19-17-34(18-20-37)33(42)36-29(30(39)25-5-3-2-4-6-25)32(41)38(34)22-24-7-8-24/h9-16,24-25,29-30,39H,2-8,17-22H2,1H3,(H,35,40)(H,36,42)/t29-,30-/m1/s1. The van der Waals surface area contributed by atoms with Gasteiger partial charge in [0.2, 0.25) is 11.8 Å². The van der Waals surface area contributed by atoms with Gasteiger partial charge >= 0.3 is 0 Å². The maximum Gasteiger partial charge on any atom is 0.251 e. The lowest BCUT2D eigenvalue weighted by molar-refractivity contribution is -0.166. The summed E-state index contributed by atoms with van der Waals surface area (Å²) in [5, 5.41) is 16.8. The summed E-state index contributed by atoms with van der Waals surface area (Å²) in [6, 6.07) is 14.2. The van der Waals surface area contributed by atoms with Gasteiger partial charge in [0.1, 0.15) is 23.1 Å². The Morgan fingerprint density at radius 3 is 2.21 bits per heavy atom. The third kappa shape index (κ3) is 6.43. The number of nitrogens with zero attached hydrogens (tertiary/aromatic N) is 2. The number of piperazine rings is 1. The van der Waals surface area contributed by atoms with Crippen LogP contribution >= 0.6 is 0 Å². The third-order valence-corrected chi connectivity index (χ3v) is 9.96. The van der Waals surface area contributed by atoms with Gasteiger partial charge in [-0.15, -0.1) is 0 Å². The average Bonchev–Trinajstić information content (AvgIpc) is 3.87. The second-order valence-corrected chi connectivity index (χ2v) is 12.9. The maximum atomic E-state index is 13.9. The monoisotopic (exact) mass is 588 g/mol. The van der Waals surface area contributed by atoms with E-state index in [2.05, 4.69) is 15.5 Å². The predicted molar refractivity (Wildman–Crippen MR) is 163 cm³/mol. The number of hydrogen-bond acceptors (Lipinski definition) is 6. The highest BCUT2D eigenvalue weighted by Crippen LogP contribution is 2.40. The summed E-state index contributed by atoms with van der Waals surface area (Å²) < 4.78 is 5.96. The summed E-state index contributed by atoms with van der Waals surface area (Å²) in [7, 11) is 1.60. The molecule has 43 heavy (non-hydrogen) atoms. The molecule has 3 N–H and O–H groups in total. The van der Waals surface area contributed by atoms with Crippen LogP contribution in [0.15, 0.2) is 48.5 Å². The minimum absolute atomic E-state index is 0.0769. The first kappa shape index (κ1) is 29.6. The van der Waals surface area contributed by atoms with Crippen LogP contribution in [0, 0.1) is 11.8 Å². The summed E-state index contributed by atoms with van der Waals surface area (Å²) in [5.41, 5.74) is 0.897. The molecule has 3 amide bonds. The Labute approximate surface area is 254 Å². The Morgan fingerprint density at radius 2 is 1.60 bits per heavy atom. The zero-order valence-electron chi connectivity index (χ0n) is 25.1. The normalized spacial score (nSPS) is 23.6. The molecule has 9 nitrogen and oxygen atoms in total. The highest BCUT2D eigenvalue weighted by atomic mass is 16.5. The number of rotatable bonds is 9. The molecule has 1 spiro atoms. The number of carbonyl (C=O) groups is 3. The molecule has 2 atom stereocenters. The minimum atomic E-state index is -0.829. The van der Waals surface area contributed by atoms with Crippen molar-refractivity contribution in [2.45, 2.75) is 82.0 Å². The quantitative estimate of drug-likeness (QED) is 0.411. The van der Waals surface area contributed by atoms with Crippen LogP contribution in [-0.2, 0) is 16.1 Å². The lowest BCUT2D eigenvalue weighted by atomic mass is 9.78. The van der Waals surface area contributed by atoms with Crippen LogP contribution in [0.1, 0.15) is 73.7 Å². The topological polar surface area (TPSA) is 111 Å². The van der Waals surface area contributed by atoms with Crippen molar-refractivity contribution in [2.24, 2.45) is 11.8 Å². The van der Waals surface area contributed by atoms with E-state index in [4.69, 9.17) is 4.74 Å². The number of nitrogens with one attached hydrogen (secondary N) is 2. The van der Waals surface area contributed by atoms with Gasteiger partial charge in [0, 0.05) is 38.8 Å². The van der Waals surface area contributed by atoms with E-state index in [0.29, 0.717) is 55.5 Å². The highest BCUT2D eigenvalue weighted by Gasteiger charge is 2.56. The molecule has 2 aliphatic carbocycles. The fourth-order valence-electron chi connectivity index (χ4n) is 7.10. The molecular weight excluding hydrogens is 544 g/mol. The molecule has 0 bridgehead atoms. The first-order valence-corrected chi connectivity index (χ1v) is 16.0. The van der Waals surface area contributed by atoms with E-state index in [0.717, 1.165) is 50.6 Å². The van der Waals surface area contributed by atoms with Crippen LogP contribution in [-0.4, -0.2) is 77.0 Å². The van der Waals surface area contributed by atoms with E-state index in [1.165, 1.54) is 6.42 Å². The zero-order valence-corrected chi connectivity index (χ0v) is 25.1. The van der Waals surface area contributed by atoms with Crippen molar-refractivity contribution < 1.29 is 24.2 Å². The first-order chi connectivity index (χ1) is 20.9. The lowest BCUT2D eigenvalue weighted by Crippen LogP contribution is -2.75. The summed E-state index contributed by atoms with van der Waals surface area (Å²) in [6.45, 7) is 2.80. The molecule has 2 saturated heterocycles. The van der Waals surface area contributed by atoms with E-state index in [-0.39, 0.29) is 23.6 Å². The second kappa shape index (κ2) is 12.7. The van der Waals surface area contributed by atoms with Crippen LogP contribution in [0.4, 0.5) is 0 Å². The van der Waals surface area contributed by atoms with Crippen molar-refractivity contribution in [2.75, 3.05) is 26.7 Å². The molecule has 0 aromatic heterocycles. The lowest BCUT2D eigenvalue weighted by Gasteiger charge is -2.52. The van der Waals surface area contributed by atoms with Gasteiger partial charge in [0.25, 0.3) is 5.91 Å². The molecule has 9 heteroatoms. The number of amides is 3. The third-order valence-electron chi connectivity index (χ3n) is 9.96. The van der Waals surface area contributed by atoms with Crippen LogP contribution in [0.5, 0.6) is 11.5 Å². The van der Waals surface area contributed by atoms with Gasteiger partial charge in [-0.2, -0.15) is 0 Å². The molecule has 2 aliphatic heterocycles. The van der Waals surface area contributed by atoms with Crippen LogP contribution < -0.4 is 15.4 Å². The van der Waals surface area contributed by atoms with E-state index in [9.17, 15) is 19.5 Å². The van der Waals surface area contributed by atoms with Gasteiger partial charge in [0.05, 0.1) is 6.10 Å². The minimum Gasteiger partial charge on any atom is -0.457 e. The fraction of sp³-hybridized carbons (Fsp3) is 0.559. The van der Waals surface area contributed by atoms with Crippen LogP contribution in [0.2, 0.25) is 0 Å². The number of ether oxygens (including phenoxy) is 1. The first-order valence-electron chi connectivity index (χ1n) is 16.0. The van der Waals surface area contributed by atoms with Gasteiger partial charge in [-0.1, -0.05) is 31.4 Å². The van der Waals surface area contributed by atoms with Crippen molar-refractivity contribution in [1.82, 2.24) is 20.4 Å². The van der Waals surface area contributed by atoms with Crippen LogP contribution in [0.25, 0.3) is 0 Å². The number of carbonyl (C=O) groups excluding carboxylic acids is 3. The molecule has 2 saturated carbocycles. The van der Waals surface area contributed by atoms with Crippen molar-refractivity contribution in [1.29, 1.82) is 0 Å². The Morgan fingerprint density at radius 1 is 0.977 bits per heavy atom. The average molecular weight is 589 g/mol. The molecule has 230 valence electrons. The van der Waals surface area contributed by atoms with Crippen molar-refractivity contribution in [3.63, 3.8) is 0 Å². The van der Waals surface area contributed by atoms with Crippen molar-refractivity contribution in [3.8, 4) is 11.5 Å². The van der Waals surface area contributed by atoms with Crippen molar-refractivity contribution in [3.05, 3.63) is 59.7 Å². The summed E-state index contributed by atoms with van der Waals surface area (Å²) in [4.78, 5) is 43.6. The molecular formula is C34H44N4O5. The van der Waals surface area contributed by atoms with E-state index >= 15 is 0 Å². The Hall–Kier alpha value is -3.43. The molecule has 2 aromatic rings. The van der Waals surface area contributed by atoms with E-state index < -0.39 is 17.7 Å². The maximum absolute atomic E-state index is 13.9. The number of aliphatic hydroxyl groups excluding tert-OH is 1. The van der Waals surface area contributed by atoms with Gasteiger partial charge in [-0.05, 0) is 92.3 Å². The van der Waals surface area contributed by atoms with Gasteiger partial charge in [0.15, 0.2) is 0 Å². The number of likely N-dealkylation sites (tertiary alicyclic amines) is 1. The summed E-state index contributed by atoms with van der Waals surface area (Å²) >= 11 is 0. The molecule has 0 unspecified atom stereocenters. The molecule has 4 fully saturated rings. The number of piperidine rings is 1. The highest BCUT2D eigenvalue weighted by molar-refractivity contribution is 6.00. The summed E-state index contributed by atoms with van der Waals surface area (Å²) in [6.07, 6.45) is 7.74. The smallest absolute Gasteiger partial charge is 0.251 e. The predicted octanol–water partition coefficient (Wildman–Crippen LogP) is 3.85. The summed E-state index contributed by atoms with van der Waals surface area (Å²) in [5.74, 6) is 1.61. The zero-order chi connectivity index (χ0) is 30.0. The van der Waals surface area contributed by atoms with Crippen molar-refractivity contribution >= 4 is 17.7 Å². The van der Waals surface area contributed by atoms with E-state index in [1.54, 1.807) is 31.3 Å². The Balaban J connectivity index is 1.07. The Kier molecular flexibility index (Phi) is 8.73. The largest absolute Gasteiger partial charge is 0.457 e. The SMILES string of the molecule is CNC(=O)c1ccc(Oc2ccc(CN3CCC4(CC3)C(=O)N[C@H]([C@H](O)C3CCCCC3)C(=O)N4CC3CC3)cc2)cc1. The molecule has 2 aromatic carbocycles. The van der Waals surface area contributed by atoms with Crippen LogP contribution in [0.3, 0.4) is 0 Å². The molecule has 0 radical (unpaired) electrons. The molecule has 2 heterocycles. The molecule has 6 rings (SSSR count). The Bertz CT molecular complexity index is 1300. The number of benzene rings is 2. The van der Waals surface area contributed by atoms with Gasteiger partial charge in [-0.25, -0.2) is 0 Å².